The van der Waals surface area contributed by atoms with Gasteiger partial charge in [0.1, 0.15) is 0 Å². The Labute approximate surface area is 158 Å². The first-order valence-corrected chi connectivity index (χ1v) is 9.68. The summed E-state index contributed by atoms with van der Waals surface area (Å²) in [5.74, 6) is -0.276. The fraction of sp³-hybridized carbons (Fsp3) is 0.158. The number of carbonyl (C=O) groups excluding carboxylic acids is 1. The molecule has 0 fully saturated rings. The smallest absolute Gasteiger partial charge is 0.255 e. The van der Waals surface area contributed by atoms with Crippen molar-refractivity contribution in [1.82, 2.24) is 14.1 Å². The average molecular weight is 384 g/mol. The highest BCUT2D eigenvalue weighted by Crippen LogP contribution is 2.18. The van der Waals surface area contributed by atoms with Crippen molar-refractivity contribution in [3.8, 4) is 5.69 Å². The Hall–Kier alpha value is -2.97. The van der Waals surface area contributed by atoms with E-state index in [1.807, 2.05) is 25.1 Å². The number of rotatable bonds is 5. The summed E-state index contributed by atoms with van der Waals surface area (Å²) in [7, 11) is -0.548. The van der Waals surface area contributed by atoms with Crippen LogP contribution in [0.1, 0.15) is 16.1 Å². The molecule has 0 unspecified atom stereocenters. The minimum absolute atomic E-state index is 0.171. The first kappa shape index (κ1) is 18.8. The third-order valence-electron chi connectivity index (χ3n) is 4.10. The standard InChI is InChI=1S/C19H20N4O3S/c1-14-12-13-20-23(14)17-8-4-15(5-9-17)19(24)21-16-6-10-18(11-7-16)27(25,26)22(2)3/h4-13H,1-3H3,(H,21,24). The van der Waals surface area contributed by atoms with Gasteiger partial charge in [-0.1, -0.05) is 0 Å². The lowest BCUT2D eigenvalue weighted by molar-refractivity contribution is 0.102. The van der Waals surface area contributed by atoms with Crippen LogP contribution >= 0.6 is 0 Å². The molecule has 0 aliphatic rings. The number of nitrogens with zero attached hydrogens (tertiary/aromatic N) is 3. The molecule has 0 saturated carbocycles. The van der Waals surface area contributed by atoms with Crippen molar-refractivity contribution in [2.24, 2.45) is 0 Å². The van der Waals surface area contributed by atoms with Crippen LogP contribution in [0.15, 0.2) is 65.7 Å². The molecule has 0 saturated heterocycles. The zero-order chi connectivity index (χ0) is 19.6. The molecule has 0 radical (unpaired) electrons. The van der Waals surface area contributed by atoms with Crippen molar-refractivity contribution in [2.75, 3.05) is 19.4 Å². The second-order valence-corrected chi connectivity index (χ2v) is 8.35. The lowest BCUT2D eigenvalue weighted by atomic mass is 10.2. The van der Waals surface area contributed by atoms with E-state index in [1.54, 1.807) is 35.1 Å². The number of sulfonamides is 1. The molecule has 140 valence electrons. The molecular weight excluding hydrogens is 364 g/mol. The van der Waals surface area contributed by atoms with Gasteiger partial charge in [-0.15, -0.1) is 0 Å². The van der Waals surface area contributed by atoms with Crippen LogP contribution in [0.4, 0.5) is 5.69 Å². The van der Waals surface area contributed by atoms with E-state index in [0.717, 1.165) is 15.7 Å². The van der Waals surface area contributed by atoms with Crippen molar-refractivity contribution >= 4 is 21.6 Å². The molecule has 0 spiro atoms. The van der Waals surface area contributed by atoms with Crippen molar-refractivity contribution in [3.05, 3.63) is 72.1 Å². The van der Waals surface area contributed by atoms with Crippen LogP contribution < -0.4 is 5.32 Å². The maximum absolute atomic E-state index is 12.4. The van der Waals surface area contributed by atoms with Gasteiger partial charge in [0.25, 0.3) is 5.91 Å². The maximum atomic E-state index is 12.4. The Bertz CT molecular complexity index is 1050. The monoisotopic (exact) mass is 384 g/mol. The Morgan fingerprint density at radius 3 is 2.15 bits per heavy atom. The minimum Gasteiger partial charge on any atom is -0.322 e. The second kappa shape index (κ2) is 7.34. The topological polar surface area (TPSA) is 84.3 Å². The summed E-state index contributed by atoms with van der Waals surface area (Å²) in [4.78, 5) is 12.6. The molecule has 1 N–H and O–H groups in total. The van der Waals surface area contributed by atoms with E-state index in [0.29, 0.717) is 11.3 Å². The lowest BCUT2D eigenvalue weighted by Gasteiger charge is -2.12. The van der Waals surface area contributed by atoms with E-state index in [2.05, 4.69) is 10.4 Å². The summed E-state index contributed by atoms with van der Waals surface area (Å²) >= 11 is 0. The minimum atomic E-state index is -3.49. The zero-order valence-corrected chi connectivity index (χ0v) is 16.1. The number of nitrogens with one attached hydrogen (secondary N) is 1. The SMILES string of the molecule is Cc1ccnn1-c1ccc(C(=O)Nc2ccc(S(=O)(=O)N(C)C)cc2)cc1. The quantitative estimate of drug-likeness (QED) is 0.733. The number of benzene rings is 2. The lowest BCUT2D eigenvalue weighted by Crippen LogP contribution is -2.22. The van der Waals surface area contributed by atoms with Crippen LogP contribution in [-0.2, 0) is 10.0 Å². The highest BCUT2D eigenvalue weighted by Gasteiger charge is 2.17. The zero-order valence-electron chi connectivity index (χ0n) is 15.2. The molecule has 3 aromatic rings. The second-order valence-electron chi connectivity index (χ2n) is 6.20. The van der Waals surface area contributed by atoms with Crippen molar-refractivity contribution in [2.45, 2.75) is 11.8 Å². The van der Waals surface area contributed by atoms with Gasteiger partial charge < -0.3 is 5.32 Å². The van der Waals surface area contributed by atoms with Crippen molar-refractivity contribution < 1.29 is 13.2 Å². The number of carbonyl (C=O) groups is 1. The fourth-order valence-corrected chi connectivity index (χ4v) is 3.42. The number of anilines is 1. The Morgan fingerprint density at radius 1 is 1.00 bits per heavy atom. The molecule has 1 amide bonds. The molecule has 8 heteroatoms. The first-order valence-electron chi connectivity index (χ1n) is 8.24. The molecule has 0 aliphatic heterocycles. The summed E-state index contributed by atoms with van der Waals surface area (Å²) in [6, 6.07) is 15.0. The van der Waals surface area contributed by atoms with Crippen molar-refractivity contribution in [3.63, 3.8) is 0 Å². The number of aromatic nitrogens is 2. The van der Waals surface area contributed by atoms with E-state index in [-0.39, 0.29) is 10.8 Å². The van der Waals surface area contributed by atoms with E-state index in [1.165, 1.54) is 26.2 Å². The molecule has 27 heavy (non-hydrogen) atoms. The molecule has 3 rings (SSSR count). The number of aryl methyl sites for hydroxylation is 1. The van der Waals surface area contributed by atoms with Crippen LogP contribution in [-0.4, -0.2) is 42.5 Å². The van der Waals surface area contributed by atoms with E-state index < -0.39 is 10.0 Å². The highest BCUT2D eigenvalue weighted by molar-refractivity contribution is 7.89. The van der Waals surface area contributed by atoms with Crippen LogP contribution in [0.25, 0.3) is 5.69 Å². The molecule has 2 aromatic carbocycles. The number of hydrogen-bond acceptors (Lipinski definition) is 4. The van der Waals surface area contributed by atoms with Crippen LogP contribution in [0, 0.1) is 6.92 Å². The van der Waals surface area contributed by atoms with Gasteiger partial charge in [-0.25, -0.2) is 17.4 Å². The van der Waals surface area contributed by atoms with Gasteiger partial charge in [0.2, 0.25) is 10.0 Å². The summed E-state index contributed by atoms with van der Waals surface area (Å²) in [6.07, 6.45) is 1.72. The van der Waals surface area contributed by atoms with Crippen LogP contribution in [0.5, 0.6) is 0 Å². The first-order chi connectivity index (χ1) is 12.8. The van der Waals surface area contributed by atoms with E-state index >= 15 is 0 Å². The Kier molecular flexibility index (Phi) is 5.11. The van der Waals surface area contributed by atoms with Gasteiger partial charge in [-0.05, 0) is 61.5 Å². The normalized spacial score (nSPS) is 11.6. The highest BCUT2D eigenvalue weighted by atomic mass is 32.2. The summed E-state index contributed by atoms with van der Waals surface area (Å²) in [5.41, 5.74) is 2.88. The Balaban J connectivity index is 1.73. The molecule has 7 nitrogen and oxygen atoms in total. The van der Waals surface area contributed by atoms with Crippen LogP contribution in [0.3, 0.4) is 0 Å². The summed E-state index contributed by atoms with van der Waals surface area (Å²) in [5, 5.41) is 6.99. The molecule has 0 atom stereocenters. The van der Waals surface area contributed by atoms with E-state index in [4.69, 9.17) is 0 Å². The molecule has 0 bridgehead atoms. The van der Waals surface area contributed by atoms with Gasteiger partial charge in [-0.2, -0.15) is 5.10 Å². The van der Waals surface area contributed by atoms with E-state index in [9.17, 15) is 13.2 Å². The van der Waals surface area contributed by atoms with Gasteiger partial charge in [0.05, 0.1) is 10.6 Å². The molecule has 0 aliphatic carbocycles. The third kappa shape index (κ3) is 3.91. The third-order valence-corrected chi connectivity index (χ3v) is 5.93. The Morgan fingerprint density at radius 2 is 1.63 bits per heavy atom. The van der Waals surface area contributed by atoms with Gasteiger partial charge >= 0.3 is 0 Å². The average Bonchev–Trinajstić information content (AvgIpc) is 3.08. The number of hydrogen-bond donors (Lipinski definition) is 1. The van der Waals surface area contributed by atoms with Crippen molar-refractivity contribution in [1.29, 1.82) is 0 Å². The molecule has 1 aromatic heterocycles. The predicted octanol–water partition coefficient (Wildman–Crippen LogP) is 2.68. The van der Waals surface area contributed by atoms with Crippen LogP contribution in [0.2, 0.25) is 0 Å². The van der Waals surface area contributed by atoms with Gasteiger partial charge in [-0.3, -0.25) is 4.79 Å². The summed E-state index contributed by atoms with van der Waals surface area (Å²) in [6.45, 7) is 1.95. The maximum Gasteiger partial charge on any atom is 0.255 e. The molecule has 1 heterocycles. The predicted molar refractivity (Wildman–Crippen MR) is 104 cm³/mol. The number of amides is 1. The van der Waals surface area contributed by atoms with Gasteiger partial charge in [0.15, 0.2) is 0 Å². The fourth-order valence-electron chi connectivity index (χ4n) is 2.52. The summed E-state index contributed by atoms with van der Waals surface area (Å²) < 4.78 is 27.1. The largest absolute Gasteiger partial charge is 0.322 e. The molecular formula is C19H20N4O3S. The van der Waals surface area contributed by atoms with Gasteiger partial charge in [0, 0.05) is 37.2 Å².